The van der Waals surface area contributed by atoms with Gasteiger partial charge in [0.25, 0.3) is 0 Å². The molecule has 0 saturated carbocycles. The highest BCUT2D eigenvalue weighted by Crippen LogP contribution is 2.31. The molecule has 92 valence electrons. The highest BCUT2D eigenvalue weighted by molar-refractivity contribution is 5.99. The highest BCUT2D eigenvalue weighted by Gasteiger charge is 2.46. The minimum Gasteiger partial charge on any atom is -0.481 e. The zero-order valence-electron chi connectivity index (χ0n) is 8.57. The van der Waals surface area contributed by atoms with Crippen molar-refractivity contribution < 1.29 is 27.9 Å². The number of carbonyl (C=O) groups excluding carboxylic acids is 1. The molecule has 6 heteroatoms. The Kier molecular flexibility index (Phi) is 3.88. The Morgan fingerprint density at radius 2 is 1.71 bits per heavy atom. The van der Waals surface area contributed by atoms with Crippen molar-refractivity contribution in [2.45, 2.75) is 12.6 Å². The first-order valence-corrected chi connectivity index (χ1v) is 4.70. The third kappa shape index (κ3) is 3.58. The number of hydrogen-bond acceptors (Lipinski definition) is 2. The molecular weight excluding hydrogens is 237 g/mol. The predicted molar refractivity (Wildman–Crippen MR) is 52.6 cm³/mol. The molecule has 1 aromatic carbocycles. The van der Waals surface area contributed by atoms with Crippen LogP contribution in [-0.2, 0) is 4.79 Å². The van der Waals surface area contributed by atoms with E-state index in [9.17, 15) is 22.8 Å². The van der Waals surface area contributed by atoms with Crippen LogP contribution in [-0.4, -0.2) is 23.0 Å². The quantitative estimate of drug-likeness (QED) is 0.830. The molecule has 0 spiro atoms. The summed E-state index contributed by atoms with van der Waals surface area (Å²) in [4.78, 5) is 21.9. The molecule has 0 aliphatic heterocycles. The number of hydrogen-bond donors (Lipinski definition) is 1. The monoisotopic (exact) mass is 246 g/mol. The number of Topliss-reactive ketones (excluding diaryl/α,β-unsaturated/α-hetero) is 1. The fourth-order valence-electron chi connectivity index (χ4n) is 1.34. The minimum absolute atomic E-state index is 0.143. The molecule has 0 radical (unpaired) electrons. The van der Waals surface area contributed by atoms with E-state index in [0.29, 0.717) is 0 Å². The lowest BCUT2D eigenvalue weighted by Crippen LogP contribution is -2.32. The number of halogens is 3. The van der Waals surface area contributed by atoms with Gasteiger partial charge in [-0.25, -0.2) is 0 Å². The molecule has 17 heavy (non-hydrogen) atoms. The Balaban J connectivity index is 3.00. The van der Waals surface area contributed by atoms with Gasteiger partial charge in [-0.3, -0.25) is 9.59 Å². The van der Waals surface area contributed by atoms with E-state index in [4.69, 9.17) is 5.11 Å². The molecule has 0 aliphatic rings. The van der Waals surface area contributed by atoms with Crippen LogP contribution in [0.25, 0.3) is 0 Å². The summed E-state index contributed by atoms with van der Waals surface area (Å²) in [7, 11) is 0. The van der Waals surface area contributed by atoms with Crippen LogP contribution in [0.3, 0.4) is 0 Å². The van der Waals surface area contributed by atoms with Crippen molar-refractivity contribution in [3.63, 3.8) is 0 Å². The van der Waals surface area contributed by atoms with Crippen LogP contribution in [0, 0.1) is 5.92 Å². The number of ketones is 1. The molecule has 1 N–H and O–H groups in total. The van der Waals surface area contributed by atoms with Gasteiger partial charge < -0.3 is 5.11 Å². The van der Waals surface area contributed by atoms with E-state index >= 15 is 0 Å². The molecule has 0 bridgehead atoms. The van der Waals surface area contributed by atoms with Crippen LogP contribution in [0.2, 0.25) is 0 Å². The van der Waals surface area contributed by atoms with Crippen LogP contribution in [0.15, 0.2) is 30.3 Å². The fourth-order valence-corrected chi connectivity index (χ4v) is 1.34. The van der Waals surface area contributed by atoms with Gasteiger partial charge in [0.1, 0.15) is 5.92 Å². The summed E-state index contributed by atoms with van der Waals surface area (Å²) in [6.07, 6.45) is -6.11. The molecule has 0 heterocycles. The second-order valence-corrected chi connectivity index (χ2v) is 3.42. The number of rotatable bonds is 4. The average molecular weight is 246 g/mol. The molecular formula is C11H9F3O3. The van der Waals surface area contributed by atoms with Gasteiger partial charge in [-0.2, -0.15) is 13.2 Å². The van der Waals surface area contributed by atoms with Crippen molar-refractivity contribution in [1.29, 1.82) is 0 Å². The molecule has 1 unspecified atom stereocenters. The summed E-state index contributed by atoms with van der Waals surface area (Å²) >= 11 is 0. The smallest absolute Gasteiger partial charge is 0.399 e. The minimum atomic E-state index is -4.86. The van der Waals surface area contributed by atoms with Gasteiger partial charge in [0, 0.05) is 5.56 Å². The van der Waals surface area contributed by atoms with Crippen LogP contribution >= 0.6 is 0 Å². The highest BCUT2D eigenvalue weighted by atomic mass is 19.4. The van der Waals surface area contributed by atoms with E-state index in [-0.39, 0.29) is 5.56 Å². The second-order valence-electron chi connectivity index (χ2n) is 3.42. The van der Waals surface area contributed by atoms with Crippen LogP contribution in [0.5, 0.6) is 0 Å². The van der Waals surface area contributed by atoms with E-state index in [0.717, 1.165) is 0 Å². The standard InChI is InChI=1S/C11H9F3O3/c12-11(13,14)8(6-9(15)16)10(17)7-4-2-1-3-5-7/h1-5,8H,6H2,(H,15,16). The second kappa shape index (κ2) is 4.99. The van der Waals surface area contributed by atoms with Crippen molar-refractivity contribution in [3.8, 4) is 0 Å². The molecule has 0 saturated heterocycles. The Bertz CT molecular complexity index is 412. The van der Waals surface area contributed by atoms with Gasteiger partial charge >= 0.3 is 12.1 Å². The van der Waals surface area contributed by atoms with Crippen molar-refractivity contribution in [1.82, 2.24) is 0 Å². The summed E-state index contributed by atoms with van der Waals surface area (Å²) < 4.78 is 37.6. The van der Waals surface area contributed by atoms with Gasteiger partial charge in [0.15, 0.2) is 5.78 Å². The molecule has 0 fully saturated rings. The number of aliphatic carboxylic acids is 1. The summed E-state index contributed by atoms with van der Waals surface area (Å²) in [5.41, 5.74) is -0.143. The molecule has 1 atom stereocenters. The number of benzene rings is 1. The molecule has 1 aromatic rings. The molecule has 0 aliphatic carbocycles. The predicted octanol–water partition coefficient (Wildman–Crippen LogP) is 2.52. The van der Waals surface area contributed by atoms with Gasteiger partial charge in [-0.05, 0) is 0 Å². The number of carboxylic acids is 1. The normalized spacial score (nSPS) is 13.1. The van der Waals surface area contributed by atoms with Crippen LogP contribution in [0.1, 0.15) is 16.8 Å². The fraction of sp³-hybridized carbons (Fsp3) is 0.273. The number of carboxylic acid groups (broad SMARTS) is 1. The van der Waals surface area contributed by atoms with Crippen molar-refractivity contribution in [3.05, 3.63) is 35.9 Å². The van der Waals surface area contributed by atoms with Crippen molar-refractivity contribution in [2.75, 3.05) is 0 Å². The third-order valence-electron chi connectivity index (χ3n) is 2.15. The maximum atomic E-state index is 12.5. The van der Waals surface area contributed by atoms with Crippen molar-refractivity contribution in [2.24, 2.45) is 5.92 Å². The average Bonchev–Trinajstić information content (AvgIpc) is 2.24. The lowest BCUT2D eigenvalue weighted by atomic mass is 9.94. The largest absolute Gasteiger partial charge is 0.481 e. The van der Waals surface area contributed by atoms with Gasteiger partial charge in [0.2, 0.25) is 0 Å². The van der Waals surface area contributed by atoms with Crippen molar-refractivity contribution >= 4 is 11.8 Å². The van der Waals surface area contributed by atoms with Gasteiger partial charge in [-0.15, -0.1) is 0 Å². The lowest BCUT2D eigenvalue weighted by Gasteiger charge is -2.17. The van der Waals surface area contributed by atoms with Gasteiger partial charge in [0.05, 0.1) is 6.42 Å². The molecule has 3 nitrogen and oxygen atoms in total. The first-order valence-electron chi connectivity index (χ1n) is 4.70. The molecule has 0 amide bonds. The summed E-state index contributed by atoms with van der Waals surface area (Å²) in [6, 6.07) is 6.84. The number of carbonyl (C=O) groups is 2. The van der Waals surface area contributed by atoms with Gasteiger partial charge in [-0.1, -0.05) is 30.3 Å². The number of alkyl halides is 3. The Morgan fingerprint density at radius 1 is 1.18 bits per heavy atom. The topological polar surface area (TPSA) is 54.4 Å². The zero-order chi connectivity index (χ0) is 13.1. The first-order chi connectivity index (χ1) is 7.82. The van der Waals surface area contributed by atoms with Crippen LogP contribution < -0.4 is 0 Å². The first kappa shape index (κ1) is 13.2. The summed E-state index contributed by atoms with van der Waals surface area (Å²) in [5, 5.41) is 8.39. The SMILES string of the molecule is O=C(O)CC(C(=O)c1ccccc1)C(F)(F)F. The third-order valence-corrected chi connectivity index (χ3v) is 2.15. The van der Waals surface area contributed by atoms with E-state index in [1.165, 1.54) is 24.3 Å². The Labute approximate surface area is 94.9 Å². The molecule has 0 aromatic heterocycles. The summed E-state index contributed by atoms with van der Waals surface area (Å²) in [6.45, 7) is 0. The van der Waals surface area contributed by atoms with Crippen LogP contribution in [0.4, 0.5) is 13.2 Å². The lowest BCUT2D eigenvalue weighted by molar-refractivity contribution is -0.171. The summed E-state index contributed by atoms with van der Waals surface area (Å²) in [5.74, 6) is -5.38. The Hall–Kier alpha value is -1.85. The van der Waals surface area contributed by atoms with E-state index in [1.807, 2.05) is 0 Å². The maximum absolute atomic E-state index is 12.5. The van der Waals surface area contributed by atoms with E-state index < -0.39 is 30.3 Å². The maximum Gasteiger partial charge on any atom is 0.399 e. The van der Waals surface area contributed by atoms with E-state index in [2.05, 4.69) is 0 Å². The van der Waals surface area contributed by atoms with E-state index in [1.54, 1.807) is 6.07 Å². The molecule has 1 rings (SSSR count). The Morgan fingerprint density at radius 3 is 2.12 bits per heavy atom. The zero-order valence-corrected chi connectivity index (χ0v) is 8.57.